The van der Waals surface area contributed by atoms with Crippen LogP contribution in [0.5, 0.6) is 0 Å². The van der Waals surface area contributed by atoms with Gasteiger partial charge in [0.25, 0.3) is 0 Å². The summed E-state index contributed by atoms with van der Waals surface area (Å²) < 4.78 is 27.7. The van der Waals surface area contributed by atoms with Crippen molar-refractivity contribution in [1.29, 1.82) is 0 Å². The molecule has 0 amide bonds. The third kappa shape index (κ3) is 2.89. The molecule has 2 rings (SSSR count). The normalized spacial score (nSPS) is 21.3. The van der Waals surface area contributed by atoms with Crippen LogP contribution in [0.1, 0.15) is 21.8 Å². The number of rotatable bonds is 3. The van der Waals surface area contributed by atoms with Gasteiger partial charge in [-0.25, -0.2) is 18.2 Å². The van der Waals surface area contributed by atoms with E-state index in [9.17, 15) is 13.2 Å². The number of hydrogen-bond donors (Lipinski definition) is 0. The highest BCUT2D eigenvalue weighted by atomic mass is 32.2. The third-order valence-corrected chi connectivity index (χ3v) is 6.19. The minimum Gasteiger partial charge on any atom is -0.465 e. The minimum atomic E-state index is -2.93. The number of esters is 1. The molecule has 2 heterocycles. The number of methoxy groups -OCH3 is 1. The minimum absolute atomic E-state index is 0.0685. The van der Waals surface area contributed by atoms with E-state index in [0.717, 1.165) is 0 Å². The van der Waals surface area contributed by atoms with E-state index >= 15 is 0 Å². The fourth-order valence-electron chi connectivity index (χ4n) is 2.05. The molecule has 0 radical (unpaired) electrons. The summed E-state index contributed by atoms with van der Waals surface area (Å²) in [4.78, 5) is 18.2. The van der Waals surface area contributed by atoms with Crippen molar-refractivity contribution in [3.8, 4) is 0 Å². The van der Waals surface area contributed by atoms with Crippen LogP contribution in [-0.4, -0.2) is 51.1 Å². The summed E-state index contributed by atoms with van der Waals surface area (Å²) in [7, 11) is 0.209. The zero-order valence-electron chi connectivity index (χ0n) is 11.0. The molecule has 0 aliphatic carbocycles. The number of aryl methyl sites for hydroxylation is 1. The second-order valence-electron chi connectivity index (χ2n) is 4.57. The van der Waals surface area contributed by atoms with Gasteiger partial charge >= 0.3 is 5.97 Å². The fraction of sp³-hybridized carbons (Fsp3) is 0.636. The highest BCUT2D eigenvalue weighted by Gasteiger charge is 2.32. The quantitative estimate of drug-likeness (QED) is 0.771. The number of ether oxygens (including phenoxy) is 1. The highest BCUT2D eigenvalue weighted by Crippen LogP contribution is 2.29. The summed E-state index contributed by atoms with van der Waals surface area (Å²) in [6.45, 7) is 1.74. The van der Waals surface area contributed by atoms with Gasteiger partial charge in [-0.2, -0.15) is 0 Å². The lowest BCUT2D eigenvalue weighted by molar-refractivity contribution is 0.0605. The molecule has 19 heavy (non-hydrogen) atoms. The second-order valence-corrected chi connectivity index (χ2v) is 7.78. The van der Waals surface area contributed by atoms with Crippen LogP contribution in [-0.2, 0) is 14.6 Å². The number of hydrogen-bond acceptors (Lipinski definition) is 7. The topological polar surface area (TPSA) is 76.6 Å². The van der Waals surface area contributed by atoms with E-state index in [-0.39, 0.29) is 17.5 Å². The van der Waals surface area contributed by atoms with Crippen LogP contribution in [0.2, 0.25) is 0 Å². The molecule has 1 aromatic heterocycles. The highest BCUT2D eigenvalue weighted by molar-refractivity contribution is 7.91. The number of nitrogens with zero attached hydrogens (tertiary/aromatic N) is 2. The zero-order valence-corrected chi connectivity index (χ0v) is 12.7. The monoisotopic (exact) mass is 304 g/mol. The van der Waals surface area contributed by atoms with Crippen LogP contribution in [0.4, 0.5) is 5.13 Å². The van der Waals surface area contributed by atoms with Crippen LogP contribution in [0.3, 0.4) is 0 Å². The Hall–Kier alpha value is -1.15. The smallest absolute Gasteiger partial charge is 0.350 e. The first-order chi connectivity index (χ1) is 8.84. The van der Waals surface area contributed by atoms with Gasteiger partial charge in [-0.3, -0.25) is 0 Å². The van der Waals surface area contributed by atoms with Gasteiger partial charge in [-0.1, -0.05) is 11.3 Å². The molecule has 1 atom stereocenters. The van der Waals surface area contributed by atoms with Crippen molar-refractivity contribution >= 4 is 32.3 Å². The molecule has 0 N–H and O–H groups in total. The summed E-state index contributed by atoms with van der Waals surface area (Å²) in [5.41, 5.74) is 0.611. The van der Waals surface area contributed by atoms with E-state index in [1.807, 2.05) is 11.9 Å². The van der Waals surface area contributed by atoms with Crippen LogP contribution in [0.15, 0.2) is 0 Å². The van der Waals surface area contributed by atoms with Crippen molar-refractivity contribution in [1.82, 2.24) is 4.98 Å². The number of carbonyl (C=O) groups is 1. The fourth-order valence-corrected chi connectivity index (χ4v) is 4.84. The number of sulfone groups is 1. The van der Waals surface area contributed by atoms with E-state index in [1.165, 1.54) is 18.4 Å². The number of anilines is 1. The lowest BCUT2D eigenvalue weighted by Gasteiger charge is -2.22. The Morgan fingerprint density at radius 2 is 2.21 bits per heavy atom. The number of aromatic nitrogens is 1. The van der Waals surface area contributed by atoms with Crippen LogP contribution < -0.4 is 4.90 Å². The van der Waals surface area contributed by atoms with E-state index in [4.69, 9.17) is 0 Å². The largest absolute Gasteiger partial charge is 0.465 e. The molecule has 6 nitrogen and oxygen atoms in total. The van der Waals surface area contributed by atoms with Crippen molar-refractivity contribution in [3.63, 3.8) is 0 Å². The number of carbonyl (C=O) groups excluding carboxylic acids is 1. The van der Waals surface area contributed by atoms with Gasteiger partial charge in [0.05, 0.1) is 24.3 Å². The van der Waals surface area contributed by atoms with Crippen LogP contribution in [0.25, 0.3) is 0 Å². The SMILES string of the molecule is COC(=O)c1sc(N(C)C2CCS(=O)(=O)C2)nc1C. The first-order valence-electron chi connectivity index (χ1n) is 5.83. The molecule has 0 spiro atoms. The Labute approximate surface area is 116 Å². The number of thiazole rings is 1. The van der Waals surface area contributed by atoms with Crippen molar-refractivity contribution in [3.05, 3.63) is 10.6 Å². The summed E-state index contributed by atoms with van der Waals surface area (Å²) in [5, 5.41) is 0.653. The molecule has 8 heteroatoms. The molecule has 1 fully saturated rings. The van der Waals surface area contributed by atoms with Gasteiger partial charge < -0.3 is 9.64 Å². The molecular formula is C11H16N2O4S2. The van der Waals surface area contributed by atoms with Gasteiger partial charge in [0, 0.05) is 13.1 Å². The van der Waals surface area contributed by atoms with Crippen molar-refractivity contribution in [2.24, 2.45) is 0 Å². The second kappa shape index (κ2) is 5.09. The van der Waals surface area contributed by atoms with E-state index in [2.05, 4.69) is 9.72 Å². The zero-order chi connectivity index (χ0) is 14.2. The van der Waals surface area contributed by atoms with E-state index in [0.29, 0.717) is 22.1 Å². The predicted octanol–water partition coefficient (Wildman–Crippen LogP) is 0.861. The summed E-state index contributed by atoms with van der Waals surface area (Å²) in [5.74, 6) is -0.0416. The summed E-state index contributed by atoms with van der Waals surface area (Å²) in [6, 6.07) is -0.0685. The summed E-state index contributed by atoms with van der Waals surface area (Å²) >= 11 is 1.23. The molecular weight excluding hydrogens is 288 g/mol. The molecule has 0 aromatic carbocycles. The third-order valence-electron chi connectivity index (χ3n) is 3.21. The van der Waals surface area contributed by atoms with Crippen LogP contribution in [0, 0.1) is 6.92 Å². The van der Waals surface area contributed by atoms with Gasteiger partial charge in [-0.15, -0.1) is 0 Å². The van der Waals surface area contributed by atoms with Gasteiger partial charge in [0.1, 0.15) is 4.88 Å². The Bertz CT molecular complexity index is 594. The van der Waals surface area contributed by atoms with Crippen molar-refractivity contribution in [2.75, 3.05) is 30.6 Å². The Morgan fingerprint density at radius 1 is 1.53 bits per heavy atom. The van der Waals surface area contributed by atoms with Gasteiger partial charge in [-0.05, 0) is 13.3 Å². The Morgan fingerprint density at radius 3 is 2.74 bits per heavy atom. The van der Waals surface area contributed by atoms with Crippen molar-refractivity contribution in [2.45, 2.75) is 19.4 Å². The molecule has 1 unspecified atom stereocenters. The molecule has 1 aliphatic heterocycles. The lowest BCUT2D eigenvalue weighted by atomic mass is 10.2. The first kappa shape index (κ1) is 14.3. The average Bonchev–Trinajstić information content (AvgIpc) is 2.90. The molecule has 0 bridgehead atoms. The lowest BCUT2D eigenvalue weighted by Crippen LogP contribution is -2.32. The molecule has 1 aromatic rings. The maximum absolute atomic E-state index is 11.5. The van der Waals surface area contributed by atoms with Crippen LogP contribution >= 0.6 is 11.3 Å². The molecule has 1 saturated heterocycles. The van der Waals surface area contributed by atoms with E-state index < -0.39 is 15.8 Å². The molecule has 1 aliphatic rings. The predicted molar refractivity (Wildman–Crippen MR) is 73.7 cm³/mol. The standard InChI is InChI=1S/C11H16N2O4S2/c1-7-9(10(14)17-3)18-11(12-7)13(2)8-4-5-19(15,16)6-8/h8H,4-6H2,1-3H3. The molecule has 106 valence electrons. The average molecular weight is 304 g/mol. The van der Waals surface area contributed by atoms with Crippen molar-refractivity contribution < 1.29 is 17.9 Å². The van der Waals surface area contributed by atoms with E-state index in [1.54, 1.807) is 6.92 Å². The maximum Gasteiger partial charge on any atom is 0.350 e. The maximum atomic E-state index is 11.5. The summed E-state index contributed by atoms with van der Waals surface area (Å²) in [6.07, 6.45) is 0.602. The first-order valence-corrected chi connectivity index (χ1v) is 8.47. The Balaban J connectivity index is 2.21. The molecule has 0 saturated carbocycles. The van der Waals surface area contributed by atoms with Gasteiger partial charge in [0.2, 0.25) is 0 Å². The Kier molecular flexibility index (Phi) is 3.82. The van der Waals surface area contributed by atoms with Gasteiger partial charge in [0.15, 0.2) is 15.0 Å².